The number of hydrogen-bond donors (Lipinski definition) is 1. The predicted octanol–water partition coefficient (Wildman–Crippen LogP) is 6.35. The SMILES string of the molecule is COc1cc(CC(Br)CBr)cc(Br)c1OC[C@H]1CNCC[C@@H]1c1ccccc1.Cl. The van der Waals surface area contributed by atoms with Crippen molar-refractivity contribution in [1.29, 1.82) is 0 Å². The van der Waals surface area contributed by atoms with E-state index in [0.717, 1.165) is 47.2 Å². The molecule has 3 nitrogen and oxygen atoms in total. The number of alkyl halides is 2. The molecule has 1 unspecified atom stereocenters. The van der Waals surface area contributed by atoms with E-state index in [1.165, 1.54) is 11.1 Å². The Balaban J connectivity index is 0.00000300. The van der Waals surface area contributed by atoms with Gasteiger partial charge in [-0.05, 0) is 64.5 Å². The molecule has 0 aromatic heterocycles. The van der Waals surface area contributed by atoms with Crippen molar-refractivity contribution in [2.45, 2.75) is 23.6 Å². The lowest BCUT2D eigenvalue weighted by molar-refractivity contribution is 0.190. The van der Waals surface area contributed by atoms with Crippen molar-refractivity contribution in [3.8, 4) is 11.5 Å². The standard InChI is InChI=1S/C22H26Br3NO2.ClH/c1-27-21-11-15(9-18(24)12-23)10-20(25)22(21)28-14-17-13-26-8-7-19(17)16-5-3-2-4-6-16;/h2-6,10-11,17-19,26H,7-9,12-14H2,1H3;1H/t17-,18?,19-;/m1./s1. The summed E-state index contributed by atoms with van der Waals surface area (Å²) in [5.41, 5.74) is 2.61. The van der Waals surface area contributed by atoms with Crippen LogP contribution < -0.4 is 14.8 Å². The van der Waals surface area contributed by atoms with Crippen LogP contribution in [0.2, 0.25) is 0 Å². The number of ether oxygens (including phenoxy) is 2. The van der Waals surface area contributed by atoms with Crippen LogP contribution in [0, 0.1) is 5.92 Å². The third-order valence-electron chi connectivity index (χ3n) is 5.19. The summed E-state index contributed by atoms with van der Waals surface area (Å²) in [4.78, 5) is 0.385. The van der Waals surface area contributed by atoms with E-state index in [1.807, 2.05) is 0 Å². The number of nitrogens with one attached hydrogen (secondary N) is 1. The highest BCUT2D eigenvalue weighted by molar-refractivity contribution is 9.12. The minimum absolute atomic E-state index is 0. The summed E-state index contributed by atoms with van der Waals surface area (Å²) in [5, 5.41) is 4.42. The van der Waals surface area contributed by atoms with E-state index in [4.69, 9.17) is 9.47 Å². The lowest BCUT2D eigenvalue weighted by atomic mass is 9.81. The number of rotatable bonds is 8. The van der Waals surface area contributed by atoms with Crippen LogP contribution in [0.15, 0.2) is 46.9 Å². The van der Waals surface area contributed by atoms with Gasteiger partial charge in [0.2, 0.25) is 0 Å². The van der Waals surface area contributed by atoms with Gasteiger partial charge in [-0.2, -0.15) is 0 Å². The molecule has 0 amide bonds. The molecule has 2 aromatic rings. The van der Waals surface area contributed by atoms with Crippen molar-refractivity contribution < 1.29 is 9.47 Å². The number of piperidine rings is 1. The average Bonchev–Trinajstić information content (AvgIpc) is 2.73. The molecule has 0 bridgehead atoms. The van der Waals surface area contributed by atoms with Gasteiger partial charge >= 0.3 is 0 Å². The van der Waals surface area contributed by atoms with Crippen molar-refractivity contribution in [2.75, 3.05) is 32.1 Å². The fourth-order valence-corrected chi connectivity index (χ4v) is 4.98. The predicted molar refractivity (Wildman–Crippen MR) is 134 cm³/mol. The fraction of sp³-hybridized carbons (Fsp3) is 0.455. The Morgan fingerprint density at radius 1 is 1.21 bits per heavy atom. The van der Waals surface area contributed by atoms with E-state index in [-0.39, 0.29) is 12.4 Å². The van der Waals surface area contributed by atoms with Crippen LogP contribution in [0.4, 0.5) is 0 Å². The van der Waals surface area contributed by atoms with Gasteiger partial charge < -0.3 is 14.8 Å². The summed E-state index contributed by atoms with van der Waals surface area (Å²) in [6.07, 6.45) is 2.05. The molecule has 3 atom stereocenters. The third kappa shape index (κ3) is 6.86. The Labute approximate surface area is 205 Å². The summed E-state index contributed by atoms with van der Waals surface area (Å²) >= 11 is 10.9. The monoisotopic (exact) mass is 609 g/mol. The second-order valence-electron chi connectivity index (χ2n) is 7.15. The van der Waals surface area contributed by atoms with Crippen LogP contribution in [-0.2, 0) is 6.42 Å². The molecule has 160 valence electrons. The van der Waals surface area contributed by atoms with Gasteiger partial charge in [0, 0.05) is 22.6 Å². The van der Waals surface area contributed by atoms with Crippen molar-refractivity contribution in [2.24, 2.45) is 5.92 Å². The van der Waals surface area contributed by atoms with Crippen LogP contribution in [0.5, 0.6) is 11.5 Å². The largest absolute Gasteiger partial charge is 0.493 e. The van der Waals surface area contributed by atoms with Crippen molar-refractivity contribution in [3.05, 3.63) is 58.1 Å². The van der Waals surface area contributed by atoms with E-state index < -0.39 is 0 Å². The Hall–Kier alpha value is -0.270. The normalized spacial score (nSPS) is 19.9. The summed E-state index contributed by atoms with van der Waals surface area (Å²) < 4.78 is 12.9. The molecule has 1 saturated heterocycles. The molecule has 0 radical (unpaired) electrons. The average molecular weight is 613 g/mol. The molecule has 1 heterocycles. The van der Waals surface area contributed by atoms with Crippen LogP contribution in [0.25, 0.3) is 0 Å². The molecule has 2 aromatic carbocycles. The lowest BCUT2D eigenvalue weighted by Crippen LogP contribution is -2.38. The van der Waals surface area contributed by atoms with Gasteiger partial charge in [-0.3, -0.25) is 0 Å². The first-order valence-corrected chi connectivity index (χ1v) is 12.4. The second kappa shape index (κ2) is 12.6. The molecule has 1 fully saturated rings. The first-order valence-electron chi connectivity index (χ1n) is 9.57. The highest BCUT2D eigenvalue weighted by Crippen LogP contribution is 2.39. The van der Waals surface area contributed by atoms with Crippen LogP contribution in [0.1, 0.15) is 23.5 Å². The van der Waals surface area contributed by atoms with Gasteiger partial charge in [-0.15, -0.1) is 12.4 Å². The van der Waals surface area contributed by atoms with Crippen LogP contribution >= 0.6 is 60.2 Å². The fourth-order valence-electron chi connectivity index (χ4n) is 3.77. The number of halogens is 4. The van der Waals surface area contributed by atoms with Gasteiger partial charge in [-0.1, -0.05) is 62.2 Å². The Bertz CT molecular complexity index is 763. The first kappa shape index (κ1) is 25.0. The Morgan fingerprint density at radius 2 is 1.97 bits per heavy atom. The minimum Gasteiger partial charge on any atom is -0.493 e. The maximum absolute atomic E-state index is 6.30. The Kier molecular flexibility index (Phi) is 10.8. The smallest absolute Gasteiger partial charge is 0.175 e. The molecule has 7 heteroatoms. The molecule has 1 aliphatic heterocycles. The maximum atomic E-state index is 6.30. The summed E-state index contributed by atoms with van der Waals surface area (Å²) in [6, 6.07) is 15.0. The second-order valence-corrected chi connectivity index (χ2v) is 9.94. The van der Waals surface area contributed by atoms with E-state index >= 15 is 0 Å². The molecular formula is C22H27Br3ClNO2. The van der Waals surface area contributed by atoms with Crippen LogP contribution in [0.3, 0.4) is 0 Å². The third-order valence-corrected chi connectivity index (χ3v) is 8.08. The first-order chi connectivity index (χ1) is 13.6. The van der Waals surface area contributed by atoms with E-state index in [9.17, 15) is 0 Å². The minimum atomic E-state index is 0. The maximum Gasteiger partial charge on any atom is 0.175 e. The quantitative estimate of drug-likeness (QED) is 0.353. The topological polar surface area (TPSA) is 30.5 Å². The van der Waals surface area contributed by atoms with E-state index in [1.54, 1.807) is 7.11 Å². The van der Waals surface area contributed by atoms with E-state index in [2.05, 4.69) is 95.6 Å². The zero-order chi connectivity index (χ0) is 19.9. The molecule has 0 aliphatic carbocycles. The highest BCUT2D eigenvalue weighted by Gasteiger charge is 2.27. The Morgan fingerprint density at radius 3 is 2.66 bits per heavy atom. The van der Waals surface area contributed by atoms with Crippen LogP contribution in [-0.4, -0.2) is 37.0 Å². The number of hydrogen-bond acceptors (Lipinski definition) is 3. The summed E-state index contributed by atoms with van der Waals surface area (Å²) in [7, 11) is 1.70. The highest BCUT2D eigenvalue weighted by atomic mass is 79.9. The van der Waals surface area contributed by atoms with Gasteiger partial charge in [-0.25, -0.2) is 0 Å². The zero-order valence-corrected chi connectivity index (χ0v) is 21.9. The van der Waals surface area contributed by atoms with Gasteiger partial charge in [0.15, 0.2) is 11.5 Å². The van der Waals surface area contributed by atoms with Crippen molar-refractivity contribution in [3.63, 3.8) is 0 Å². The van der Waals surface area contributed by atoms with Gasteiger partial charge in [0.25, 0.3) is 0 Å². The zero-order valence-electron chi connectivity index (χ0n) is 16.4. The molecule has 1 N–H and O–H groups in total. The molecule has 0 spiro atoms. The lowest BCUT2D eigenvalue weighted by Gasteiger charge is -2.32. The molecule has 0 saturated carbocycles. The van der Waals surface area contributed by atoms with Gasteiger partial charge in [0.1, 0.15) is 0 Å². The summed E-state index contributed by atoms with van der Waals surface area (Å²) in [5.74, 6) is 2.50. The molecule has 1 aliphatic rings. The van der Waals surface area contributed by atoms with Crippen molar-refractivity contribution in [1.82, 2.24) is 5.32 Å². The molecule has 3 rings (SSSR count). The molecule has 29 heavy (non-hydrogen) atoms. The number of methoxy groups -OCH3 is 1. The van der Waals surface area contributed by atoms with E-state index in [0.29, 0.717) is 23.3 Å². The van der Waals surface area contributed by atoms with Gasteiger partial charge in [0.05, 0.1) is 18.2 Å². The van der Waals surface area contributed by atoms with Crippen molar-refractivity contribution >= 4 is 60.2 Å². The number of benzene rings is 2. The summed E-state index contributed by atoms with van der Waals surface area (Å²) in [6.45, 7) is 2.68. The molecular weight excluding hydrogens is 585 g/mol.